The van der Waals surface area contributed by atoms with Gasteiger partial charge in [0.2, 0.25) is 0 Å². The first kappa shape index (κ1) is 15.9. The van der Waals surface area contributed by atoms with Crippen molar-refractivity contribution < 1.29 is 4.55 Å². The Morgan fingerprint density at radius 3 is 2.86 bits per heavy atom. The number of nitriles is 1. The molecule has 0 radical (unpaired) electrons. The fraction of sp³-hybridized carbons (Fsp3) is 0.176. The van der Waals surface area contributed by atoms with Crippen LogP contribution in [0.3, 0.4) is 0 Å². The van der Waals surface area contributed by atoms with E-state index < -0.39 is 11.2 Å². The Bertz CT molecular complexity index is 777. The van der Waals surface area contributed by atoms with Crippen LogP contribution in [0.4, 0.5) is 0 Å². The Kier molecular flexibility index (Phi) is 5.06. The van der Waals surface area contributed by atoms with E-state index in [0.29, 0.717) is 17.3 Å². The summed E-state index contributed by atoms with van der Waals surface area (Å²) in [6, 6.07) is 9.43. The largest absolute Gasteiger partial charge is 0.611 e. The topological polar surface area (TPSA) is 64.7 Å². The highest BCUT2D eigenvalue weighted by Crippen LogP contribution is 2.27. The van der Waals surface area contributed by atoms with E-state index in [1.165, 1.54) is 0 Å². The van der Waals surface area contributed by atoms with Crippen LogP contribution in [0.1, 0.15) is 12.6 Å². The van der Waals surface area contributed by atoms with Crippen LogP contribution in [0.5, 0.6) is 0 Å². The summed E-state index contributed by atoms with van der Waals surface area (Å²) in [4.78, 5) is 5.25. The van der Waals surface area contributed by atoms with Gasteiger partial charge in [0.1, 0.15) is 23.2 Å². The molecule has 1 aromatic carbocycles. The summed E-state index contributed by atoms with van der Waals surface area (Å²) in [5, 5.41) is 8.89. The van der Waals surface area contributed by atoms with Gasteiger partial charge >= 0.3 is 0 Å². The lowest BCUT2D eigenvalue weighted by Crippen LogP contribution is -2.06. The van der Waals surface area contributed by atoms with Crippen molar-refractivity contribution >= 4 is 17.3 Å². The predicted molar refractivity (Wildman–Crippen MR) is 88.0 cm³/mol. The molecule has 0 saturated heterocycles. The van der Waals surface area contributed by atoms with Gasteiger partial charge in [-0.1, -0.05) is 18.1 Å². The molecule has 0 fully saturated rings. The minimum atomic E-state index is -1.07. The number of aromatic nitrogens is 2. The molecule has 0 aliphatic heterocycles. The van der Waals surface area contributed by atoms with Gasteiger partial charge in [-0.3, -0.25) is 0 Å². The van der Waals surface area contributed by atoms with Gasteiger partial charge in [0, 0.05) is 13.2 Å². The fourth-order valence-corrected chi connectivity index (χ4v) is 3.01. The first-order chi connectivity index (χ1) is 10.6. The second kappa shape index (κ2) is 7.00. The third-order valence-electron chi connectivity index (χ3n) is 3.10. The first-order valence-corrected chi connectivity index (χ1v) is 8.02. The quantitative estimate of drug-likeness (QED) is 0.495. The van der Waals surface area contributed by atoms with Crippen molar-refractivity contribution in [1.29, 1.82) is 5.26 Å². The lowest BCUT2D eigenvalue weighted by Gasteiger charge is -2.12. The molecule has 0 spiro atoms. The molecular formula is C17H15N3OS. The van der Waals surface area contributed by atoms with Crippen LogP contribution in [-0.2, 0) is 18.2 Å². The number of rotatable bonds is 4. The Balaban J connectivity index is 2.53. The van der Waals surface area contributed by atoms with Gasteiger partial charge in [-0.05, 0) is 36.3 Å². The summed E-state index contributed by atoms with van der Waals surface area (Å²) in [5.41, 5.74) is 1.64. The summed E-state index contributed by atoms with van der Waals surface area (Å²) in [6.45, 7) is 1.88. The number of terminal acetylenes is 1. The zero-order valence-electron chi connectivity index (χ0n) is 12.4. The average molecular weight is 309 g/mol. The van der Waals surface area contributed by atoms with Crippen LogP contribution >= 0.6 is 0 Å². The molecular weight excluding hydrogens is 294 g/mol. The SMILES string of the molecule is C#C/C(C#N)=C\c1cn(C)c(-c2ccccc2[S+]([O-])CC)n1. The summed E-state index contributed by atoms with van der Waals surface area (Å²) < 4.78 is 14.0. The molecule has 1 unspecified atom stereocenters. The number of benzene rings is 1. The molecule has 2 aromatic rings. The summed E-state index contributed by atoms with van der Waals surface area (Å²) in [7, 11) is 1.85. The maximum absolute atomic E-state index is 12.2. The van der Waals surface area contributed by atoms with Crippen molar-refractivity contribution in [3.63, 3.8) is 0 Å². The molecule has 110 valence electrons. The van der Waals surface area contributed by atoms with Gasteiger partial charge in [0.15, 0.2) is 4.90 Å². The van der Waals surface area contributed by atoms with Crippen LogP contribution in [-0.4, -0.2) is 19.9 Å². The fourth-order valence-electron chi connectivity index (χ4n) is 2.07. The highest BCUT2D eigenvalue weighted by molar-refractivity contribution is 7.91. The zero-order chi connectivity index (χ0) is 16.1. The average Bonchev–Trinajstić information content (AvgIpc) is 2.92. The molecule has 0 N–H and O–H groups in total. The Hall–Kier alpha value is -2.47. The molecule has 4 nitrogen and oxygen atoms in total. The normalized spacial score (nSPS) is 12.5. The highest BCUT2D eigenvalue weighted by atomic mass is 32.2. The van der Waals surface area contributed by atoms with Gasteiger partial charge in [-0.2, -0.15) is 5.26 Å². The standard InChI is InChI=1S/C17H15N3OS/c1-4-13(11-18)10-14-12-20(3)17(19-14)15-8-6-7-9-16(15)22(21)5-2/h1,6-10,12H,5H2,2-3H3/b13-10+. The molecule has 5 heteroatoms. The van der Waals surface area contributed by atoms with E-state index in [-0.39, 0.29) is 5.57 Å². The van der Waals surface area contributed by atoms with E-state index in [4.69, 9.17) is 11.7 Å². The molecule has 0 bridgehead atoms. The number of aryl methyl sites for hydroxylation is 1. The van der Waals surface area contributed by atoms with Gasteiger partial charge < -0.3 is 9.12 Å². The molecule has 0 aliphatic carbocycles. The van der Waals surface area contributed by atoms with Gasteiger partial charge in [0.05, 0.1) is 11.3 Å². The zero-order valence-corrected chi connectivity index (χ0v) is 13.2. The Labute approximate surface area is 133 Å². The minimum absolute atomic E-state index is 0.218. The maximum Gasteiger partial charge on any atom is 0.163 e. The number of hydrogen-bond donors (Lipinski definition) is 0. The molecule has 0 aliphatic rings. The van der Waals surface area contributed by atoms with E-state index >= 15 is 0 Å². The van der Waals surface area contributed by atoms with Crippen LogP contribution in [0, 0.1) is 23.7 Å². The molecule has 2 rings (SSSR count). The lowest BCUT2D eigenvalue weighted by atomic mass is 10.2. The molecule has 1 aromatic heterocycles. The third-order valence-corrected chi connectivity index (χ3v) is 4.47. The summed E-state index contributed by atoms with van der Waals surface area (Å²) in [6.07, 6.45) is 8.60. The number of hydrogen-bond acceptors (Lipinski definition) is 3. The third kappa shape index (κ3) is 3.23. The Morgan fingerprint density at radius 2 is 2.23 bits per heavy atom. The number of imidazole rings is 1. The van der Waals surface area contributed by atoms with E-state index in [9.17, 15) is 4.55 Å². The molecule has 0 amide bonds. The second-order valence-electron chi connectivity index (χ2n) is 4.54. The first-order valence-electron chi connectivity index (χ1n) is 6.70. The van der Waals surface area contributed by atoms with Crippen LogP contribution in [0.25, 0.3) is 17.5 Å². The second-order valence-corrected chi connectivity index (χ2v) is 6.25. The smallest absolute Gasteiger partial charge is 0.163 e. The molecule has 22 heavy (non-hydrogen) atoms. The van der Waals surface area contributed by atoms with E-state index in [0.717, 1.165) is 10.5 Å². The molecule has 1 heterocycles. The van der Waals surface area contributed by atoms with Gasteiger partial charge in [-0.25, -0.2) is 4.98 Å². The number of allylic oxidation sites excluding steroid dienone is 1. The van der Waals surface area contributed by atoms with Crippen molar-refractivity contribution in [3.8, 4) is 29.8 Å². The molecule has 1 atom stereocenters. The van der Waals surface area contributed by atoms with E-state index in [1.807, 2.05) is 48.9 Å². The van der Waals surface area contributed by atoms with Crippen molar-refractivity contribution in [2.24, 2.45) is 7.05 Å². The minimum Gasteiger partial charge on any atom is -0.611 e. The van der Waals surface area contributed by atoms with Crippen LogP contribution in [0.15, 0.2) is 40.9 Å². The molecule has 0 saturated carbocycles. The number of nitrogens with zero attached hydrogens (tertiary/aromatic N) is 3. The summed E-state index contributed by atoms with van der Waals surface area (Å²) >= 11 is -1.07. The van der Waals surface area contributed by atoms with Crippen molar-refractivity contribution in [1.82, 2.24) is 9.55 Å². The predicted octanol–water partition coefficient (Wildman–Crippen LogP) is 2.75. The van der Waals surface area contributed by atoms with Crippen LogP contribution in [0.2, 0.25) is 0 Å². The maximum atomic E-state index is 12.2. The lowest BCUT2D eigenvalue weighted by molar-refractivity contribution is 0.596. The Morgan fingerprint density at radius 1 is 1.50 bits per heavy atom. The van der Waals surface area contributed by atoms with E-state index in [1.54, 1.807) is 12.3 Å². The van der Waals surface area contributed by atoms with Gasteiger partial charge in [0.25, 0.3) is 0 Å². The van der Waals surface area contributed by atoms with Crippen molar-refractivity contribution in [2.75, 3.05) is 5.75 Å². The van der Waals surface area contributed by atoms with Crippen molar-refractivity contribution in [3.05, 3.63) is 41.7 Å². The van der Waals surface area contributed by atoms with Crippen molar-refractivity contribution in [2.45, 2.75) is 11.8 Å². The monoisotopic (exact) mass is 309 g/mol. The van der Waals surface area contributed by atoms with Crippen LogP contribution < -0.4 is 0 Å². The van der Waals surface area contributed by atoms with Gasteiger partial charge in [-0.15, -0.1) is 6.42 Å². The highest BCUT2D eigenvalue weighted by Gasteiger charge is 2.18. The van der Waals surface area contributed by atoms with E-state index in [2.05, 4.69) is 10.9 Å². The summed E-state index contributed by atoms with van der Waals surface area (Å²) in [5.74, 6) is 3.55.